The van der Waals surface area contributed by atoms with Crippen LogP contribution in [0.25, 0.3) is 0 Å². The molecule has 0 aliphatic carbocycles. The quantitative estimate of drug-likeness (QED) is 0.938. The summed E-state index contributed by atoms with van der Waals surface area (Å²) in [4.78, 5) is 24.5. The first-order chi connectivity index (χ1) is 11.0. The average Bonchev–Trinajstić information content (AvgIpc) is 2.55. The SMILES string of the molecule is COC(=O)Nc1cccc(OC(=O)N(C)c2ccc(F)cc2)c1. The van der Waals surface area contributed by atoms with E-state index in [0.717, 1.165) is 0 Å². The summed E-state index contributed by atoms with van der Waals surface area (Å²) in [6.45, 7) is 0. The molecule has 0 bridgehead atoms. The Labute approximate surface area is 132 Å². The van der Waals surface area contributed by atoms with Crippen LogP contribution in [0, 0.1) is 5.82 Å². The lowest BCUT2D eigenvalue weighted by atomic mass is 10.3. The number of hydrogen-bond donors (Lipinski definition) is 1. The van der Waals surface area contributed by atoms with Gasteiger partial charge in [-0.15, -0.1) is 0 Å². The average molecular weight is 318 g/mol. The minimum Gasteiger partial charge on any atom is -0.453 e. The topological polar surface area (TPSA) is 67.9 Å². The Kier molecular flexibility index (Phi) is 5.14. The van der Waals surface area contributed by atoms with E-state index in [1.807, 2.05) is 0 Å². The molecule has 0 unspecified atom stereocenters. The predicted octanol–water partition coefficient (Wildman–Crippen LogP) is 3.64. The fourth-order valence-corrected chi connectivity index (χ4v) is 1.75. The van der Waals surface area contributed by atoms with Crippen LogP contribution in [-0.2, 0) is 4.74 Å². The summed E-state index contributed by atoms with van der Waals surface area (Å²) in [5.74, 6) is -0.144. The van der Waals surface area contributed by atoms with Crippen LogP contribution in [0.2, 0.25) is 0 Å². The number of amides is 2. The minimum atomic E-state index is -0.646. The van der Waals surface area contributed by atoms with E-state index in [2.05, 4.69) is 10.1 Å². The van der Waals surface area contributed by atoms with Crippen LogP contribution in [-0.4, -0.2) is 26.3 Å². The maximum absolute atomic E-state index is 12.9. The van der Waals surface area contributed by atoms with Gasteiger partial charge in [0.25, 0.3) is 0 Å². The lowest BCUT2D eigenvalue weighted by Crippen LogP contribution is -2.29. The largest absolute Gasteiger partial charge is 0.453 e. The van der Waals surface area contributed by atoms with Crippen molar-refractivity contribution < 1.29 is 23.5 Å². The van der Waals surface area contributed by atoms with E-state index in [0.29, 0.717) is 11.4 Å². The van der Waals surface area contributed by atoms with E-state index in [4.69, 9.17) is 4.74 Å². The van der Waals surface area contributed by atoms with Crippen LogP contribution in [0.1, 0.15) is 0 Å². The number of methoxy groups -OCH3 is 1. The Morgan fingerprint density at radius 3 is 2.48 bits per heavy atom. The lowest BCUT2D eigenvalue weighted by Gasteiger charge is -2.17. The number of carbonyl (C=O) groups is 2. The molecule has 2 amide bonds. The molecule has 6 nitrogen and oxygen atoms in total. The molecule has 0 saturated carbocycles. The molecule has 23 heavy (non-hydrogen) atoms. The lowest BCUT2D eigenvalue weighted by molar-refractivity contribution is 0.187. The van der Waals surface area contributed by atoms with Gasteiger partial charge in [0, 0.05) is 24.5 Å². The smallest absolute Gasteiger partial charge is 0.419 e. The highest BCUT2D eigenvalue weighted by atomic mass is 19.1. The second-order valence-corrected chi connectivity index (χ2v) is 4.55. The number of benzene rings is 2. The molecule has 2 aromatic rings. The van der Waals surface area contributed by atoms with E-state index in [9.17, 15) is 14.0 Å². The summed E-state index contributed by atoms with van der Waals surface area (Å²) in [6, 6.07) is 11.7. The van der Waals surface area contributed by atoms with Crippen LogP contribution in [0.3, 0.4) is 0 Å². The van der Waals surface area contributed by atoms with Crippen molar-refractivity contribution in [2.24, 2.45) is 0 Å². The maximum atomic E-state index is 12.9. The zero-order valence-corrected chi connectivity index (χ0v) is 12.6. The van der Waals surface area contributed by atoms with Gasteiger partial charge < -0.3 is 9.47 Å². The van der Waals surface area contributed by atoms with E-state index < -0.39 is 18.0 Å². The molecular weight excluding hydrogens is 303 g/mol. The Balaban J connectivity index is 2.06. The van der Waals surface area contributed by atoms with Gasteiger partial charge in [0.15, 0.2) is 0 Å². The zero-order valence-electron chi connectivity index (χ0n) is 12.6. The second-order valence-electron chi connectivity index (χ2n) is 4.55. The molecule has 0 aliphatic rings. The third kappa shape index (κ3) is 4.44. The first-order valence-corrected chi connectivity index (χ1v) is 6.66. The molecule has 1 N–H and O–H groups in total. The van der Waals surface area contributed by atoms with Crippen molar-refractivity contribution in [3.05, 3.63) is 54.3 Å². The highest BCUT2D eigenvalue weighted by molar-refractivity contribution is 5.89. The molecule has 0 radical (unpaired) electrons. The summed E-state index contributed by atoms with van der Waals surface area (Å²) in [5, 5.41) is 2.46. The van der Waals surface area contributed by atoms with Gasteiger partial charge in [-0.25, -0.2) is 14.0 Å². The molecule has 0 heterocycles. The van der Waals surface area contributed by atoms with Gasteiger partial charge in [-0.3, -0.25) is 10.2 Å². The first kappa shape index (κ1) is 16.3. The number of ether oxygens (including phenoxy) is 2. The van der Waals surface area contributed by atoms with Gasteiger partial charge in [0.2, 0.25) is 0 Å². The number of nitrogens with one attached hydrogen (secondary N) is 1. The summed E-state index contributed by atoms with van der Waals surface area (Å²) >= 11 is 0. The van der Waals surface area contributed by atoms with Gasteiger partial charge in [0.1, 0.15) is 11.6 Å². The first-order valence-electron chi connectivity index (χ1n) is 6.66. The Morgan fingerprint density at radius 1 is 1.13 bits per heavy atom. The highest BCUT2D eigenvalue weighted by Gasteiger charge is 2.14. The van der Waals surface area contributed by atoms with E-state index in [1.165, 1.54) is 49.4 Å². The number of rotatable bonds is 3. The summed E-state index contributed by atoms with van der Waals surface area (Å²) in [7, 11) is 2.75. The number of nitrogens with zero attached hydrogens (tertiary/aromatic N) is 1. The third-order valence-electron chi connectivity index (χ3n) is 2.96. The molecule has 0 spiro atoms. The van der Waals surface area contributed by atoms with Crippen molar-refractivity contribution >= 4 is 23.6 Å². The second kappa shape index (κ2) is 7.26. The number of hydrogen-bond acceptors (Lipinski definition) is 4. The molecule has 0 aromatic heterocycles. The van der Waals surface area contributed by atoms with Crippen molar-refractivity contribution in [2.45, 2.75) is 0 Å². The van der Waals surface area contributed by atoms with Crippen molar-refractivity contribution in [3.8, 4) is 5.75 Å². The van der Waals surface area contributed by atoms with Crippen LogP contribution in [0.4, 0.5) is 25.4 Å². The van der Waals surface area contributed by atoms with Gasteiger partial charge >= 0.3 is 12.2 Å². The maximum Gasteiger partial charge on any atom is 0.419 e. The fraction of sp³-hybridized carbons (Fsp3) is 0.125. The minimum absolute atomic E-state index is 0.248. The summed E-state index contributed by atoms with van der Waals surface area (Å²) in [5.41, 5.74) is 0.909. The summed E-state index contributed by atoms with van der Waals surface area (Å²) < 4.78 is 22.6. The van der Waals surface area contributed by atoms with Gasteiger partial charge in [-0.1, -0.05) is 6.07 Å². The van der Waals surface area contributed by atoms with Gasteiger partial charge in [-0.2, -0.15) is 0 Å². The van der Waals surface area contributed by atoms with Crippen molar-refractivity contribution in [1.82, 2.24) is 0 Å². The molecule has 0 aliphatic heterocycles. The van der Waals surface area contributed by atoms with Crippen molar-refractivity contribution in [1.29, 1.82) is 0 Å². The fourth-order valence-electron chi connectivity index (χ4n) is 1.75. The van der Waals surface area contributed by atoms with E-state index in [-0.39, 0.29) is 5.75 Å². The predicted molar refractivity (Wildman–Crippen MR) is 83.3 cm³/mol. The van der Waals surface area contributed by atoms with Crippen molar-refractivity contribution in [3.63, 3.8) is 0 Å². The van der Waals surface area contributed by atoms with E-state index in [1.54, 1.807) is 18.2 Å². The normalized spacial score (nSPS) is 9.87. The molecule has 7 heteroatoms. The third-order valence-corrected chi connectivity index (χ3v) is 2.96. The molecule has 120 valence electrons. The highest BCUT2D eigenvalue weighted by Crippen LogP contribution is 2.20. The molecular formula is C16H15FN2O4. The molecule has 0 saturated heterocycles. The summed E-state index contributed by atoms with van der Waals surface area (Å²) in [6.07, 6.45) is -1.27. The monoisotopic (exact) mass is 318 g/mol. The van der Waals surface area contributed by atoms with E-state index >= 15 is 0 Å². The molecule has 0 atom stereocenters. The number of halogens is 1. The standard InChI is InChI=1S/C16H15FN2O4/c1-19(13-8-6-11(17)7-9-13)16(21)23-14-5-3-4-12(10-14)18-15(20)22-2/h3-10H,1-2H3,(H,18,20). The Morgan fingerprint density at radius 2 is 1.83 bits per heavy atom. The molecule has 0 fully saturated rings. The van der Waals surface area contributed by atoms with Crippen LogP contribution >= 0.6 is 0 Å². The molecule has 2 aromatic carbocycles. The van der Waals surface area contributed by atoms with Gasteiger partial charge in [-0.05, 0) is 36.4 Å². The zero-order chi connectivity index (χ0) is 16.8. The molecule has 2 rings (SSSR count). The van der Waals surface area contributed by atoms with Crippen LogP contribution in [0.5, 0.6) is 5.75 Å². The number of carbonyl (C=O) groups excluding carboxylic acids is 2. The number of anilines is 2. The van der Waals surface area contributed by atoms with Crippen LogP contribution < -0.4 is 15.0 Å². The van der Waals surface area contributed by atoms with Crippen molar-refractivity contribution in [2.75, 3.05) is 24.4 Å². The Bertz CT molecular complexity index is 703. The Hall–Kier alpha value is -3.09. The van der Waals surface area contributed by atoms with Gasteiger partial charge in [0.05, 0.1) is 7.11 Å². The van der Waals surface area contributed by atoms with Crippen LogP contribution in [0.15, 0.2) is 48.5 Å².